The van der Waals surface area contributed by atoms with Gasteiger partial charge < -0.3 is 31.2 Å². The Kier molecular flexibility index (Phi) is 6.93. The topological polar surface area (TPSA) is 159 Å². The van der Waals surface area contributed by atoms with Crippen molar-refractivity contribution in [1.29, 1.82) is 0 Å². The van der Waals surface area contributed by atoms with Gasteiger partial charge in [0.15, 0.2) is 0 Å². The van der Waals surface area contributed by atoms with E-state index in [1.807, 2.05) is 0 Å². The molecule has 0 radical (unpaired) electrons. The molecule has 2 aliphatic rings. The second kappa shape index (κ2) is 9.25. The Labute approximate surface area is 202 Å². The van der Waals surface area contributed by atoms with Crippen molar-refractivity contribution in [2.24, 2.45) is 11.3 Å². The van der Waals surface area contributed by atoms with Gasteiger partial charge in [0.05, 0.1) is 16.6 Å². The summed E-state index contributed by atoms with van der Waals surface area (Å²) >= 11 is 6.02. The predicted octanol–water partition coefficient (Wildman–Crippen LogP) is 1.22. The van der Waals surface area contributed by atoms with Crippen molar-refractivity contribution in [2.75, 3.05) is 12.3 Å². The molecule has 34 heavy (non-hydrogen) atoms. The Morgan fingerprint density at radius 1 is 1.29 bits per heavy atom. The molecule has 0 aromatic heterocycles. The molecule has 1 heterocycles. The van der Waals surface area contributed by atoms with Gasteiger partial charge in [0.1, 0.15) is 23.9 Å². The van der Waals surface area contributed by atoms with Gasteiger partial charge in [0.2, 0.25) is 11.8 Å². The van der Waals surface area contributed by atoms with Crippen LogP contribution in [0.5, 0.6) is 0 Å². The van der Waals surface area contributed by atoms with Crippen molar-refractivity contribution in [2.45, 2.75) is 57.7 Å². The first-order valence-corrected chi connectivity index (χ1v) is 11.4. The molecule has 1 aliphatic carbocycles. The Morgan fingerprint density at radius 2 is 1.97 bits per heavy atom. The Hall–Kier alpha value is -3.14. The number of carbonyl (C=O) groups excluding carboxylic acids is 4. The van der Waals surface area contributed by atoms with Crippen molar-refractivity contribution < 1.29 is 29.1 Å². The van der Waals surface area contributed by atoms with E-state index in [0.717, 1.165) is 0 Å². The molecule has 0 spiro atoms. The zero-order valence-corrected chi connectivity index (χ0v) is 20.0. The van der Waals surface area contributed by atoms with Gasteiger partial charge in [-0.25, -0.2) is 0 Å². The number of amides is 3. The number of rotatable bonds is 7. The van der Waals surface area contributed by atoms with Crippen LogP contribution in [0.4, 0.5) is 5.69 Å². The van der Waals surface area contributed by atoms with Gasteiger partial charge in [-0.05, 0) is 42.9 Å². The fraction of sp³-hybridized carbons (Fsp3) is 0.522. The van der Waals surface area contributed by atoms with Crippen molar-refractivity contribution in [3.63, 3.8) is 0 Å². The van der Waals surface area contributed by atoms with E-state index in [0.29, 0.717) is 31.4 Å². The second-order valence-corrected chi connectivity index (χ2v) is 10.3. The van der Waals surface area contributed by atoms with E-state index in [1.54, 1.807) is 20.8 Å². The van der Waals surface area contributed by atoms with E-state index in [2.05, 4.69) is 10.6 Å². The molecule has 1 aromatic rings. The molecule has 10 nitrogen and oxygen atoms in total. The van der Waals surface area contributed by atoms with Crippen LogP contribution in [-0.2, 0) is 19.2 Å². The second-order valence-electron chi connectivity index (χ2n) is 9.94. The molecule has 1 unspecified atom stereocenters. The fourth-order valence-electron chi connectivity index (χ4n) is 4.20. The molecule has 4 atom stereocenters. The smallest absolute Gasteiger partial charge is 0.309 e. The molecule has 3 amide bonds. The van der Waals surface area contributed by atoms with Crippen molar-refractivity contribution in [3.8, 4) is 0 Å². The van der Waals surface area contributed by atoms with Crippen LogP contribution in [0.1, 0.15) is 50.4 Å². The highest BCUT2D eigenvalue weighted by Gasteiger charge is 2.61. The van der Waals surface area contributed by atoms with Crippen LogP contribution in [0, 0.1) is 11.3 Å². The zero-order chi connectivity index (χ0) is 25.4. The number of carbonyl (C=O) groups is 5. The number of nitrogens with zero attached hydrogens (tertiary/aromatic N) is 1. The summed E-state index contributed by atoms with van der Waals surface area (Å²) in [5, 5.41) is 14.7. The molecule has 2 fully saturated rings. The quantitative estimate of drug-likeness (QED) is 0.329. The van der Waals surface area contributed by atoms with Gasteiger partial charge >= 0.3 is 5.97 Å². The van der Waals surface area contributed by atoms with E-state index in [4.69, 9.17) is 17.3 Å². The minimum atomic E-state index is -1.44. The molecular formula is C23H29ClN4O6. The number of hydrogen-bond acceptors (Lipinski definition) is 6. The number of aldehydes is 1. The summed E-state index contributed by atoms with van der Waals surface area (Å²) in [5.74, 6) is -3.67. The average Bonchev–Trinajstić information content (AvgIpc) is 3.26. The number of carboxylic acids is 1. The number of halogens is 1. The highest BCUT2D eigenvalue weighted by molar-refractivity contribution is 6.33. The first-order chi connectivity index (χ1) is 15.8. The molecule has 184 valence electrons. The molecule has 1 aliphatic heterocycles. The Morgan fingerprint density at radius 3 is 2.50 bits per heavy atom. The molecule has 1 saturated carbocycles. The lowest BCUT2D eigenvalue weighted by atomic mass is 9.85. The summed E-state index contributed by atoms with van der Waals surface area (Å²) in [5.41, 5.74) is 4.13. The van der Waals surface area contributed by atoms with Gasteiger partial charge in [-0.3, -0.25) is 19.2 Å². The standard InChI is InChI=1S/C23H29ClN4O6/c1-22(2,3)17(26-18(30)12-6-7-15(25)14(24)9-12)20(32)28-8-4-5-16(28)19(31)27-23(11-29)10-13(23)21(33)34/h6-7,9,11,13,16-17H,4-5,8,10,25H2,1-3H3,(H,26,30)(H,27,31)(H,33,34)/t13-,16-,17+,23?/m0/s1. The molecule has 3 rings (SSSR count). The Bertz CT molecular complexity index is 1040. The number of benzene rings is 1. The maximum atomic E-state index is 13.5. The molecular weight excluding hydrogens is 464 g/mol. The Balaban J connectivity index is 1.77. The van der Waals surface area contributed by atoms with Crippen LogP contribution in [0.15, 0.2) is 18.2 Å². The number of nitrogens with two attached hydrogens (primary N) is 1. The number of aliphatic carboxylic acids is 1. The third kappa shape index (κ3) is 5.01. The number of nitrogen functional groups attached to an aromatic ring is 1. The minimum absolute atomic E-state index is 0.0169. The number of anilines is 1. The predicted molar refractivity (Wildman–Crippen MR) is 124 cm³/mol. The van der Waals surface area contributed by atoms with E-state index in [1.165, 1.54) is 23.1 Å². The lowest BCUT2D eigenvalue weighted by Gasteiger charge is -2.35. The van der Waals surface area contributed by atoms with Gasteiger partial charge in [0.25, 0.3) is 5.91 Å². The van der Waals surface area contributed by atoms with Gasteiger partial charge in [-0.2, -0.15) is 0 Å². The number of nitrogens with one attached hydrogen (secondary N) is 2. The first kappa shape index (κ1) is 25.5. The highest BCUT2D eigenvalue weighted by Crippen LogP contribution is 2.42. The summed E-state index contributed by atoms with van der Waals surface area (Å²) in [4.78, 5) is 63.5. The summed E-state index contributed by atoms with van der Waals surface area (Å²) in [6, 6.07) is 2.58. The van der Waals surface area contributed by atoms with Gasteiger partial charge in [0, 0.05) is 12.1 Å². The summed E-state index contributed by atoms with van der Waals surface area (Å²) in [6.45, 7) is 5.67. The van der Waals surface area contributed by atoms with Crippen molar-refractivity contribution in [1.82, 2.24) is 15.5 Å². The molecule has 5 N–H and O–H groups in total. The number of hydrogen-bond donors (Lipinski definition) is 4. The monoisotopic (exact) mass is 492 g/mol. The van der Waals surface area contributed by atoms with Crippen molar-refractivity contribution in [3.05, 3.63) is 28.8 Å². The van der Waals surface area contributed by atoms with Crippen LogP contribution in [0.3, 0.4) is 0 Å². The van der Waals surface area contributed by atoms with Crippen LogP contribution in [-0.4, -0.2) is 64.2 Å². The first-order valence-electron chi connectivity index (χ1n) is 11.0. The largest absolute Gasteiger partial charge is 0.481 e. The summed E-state index contributed by atoms with van der Waals surface area (Å²) < 4.78 is 0. The van der Waals surface area contributed by atoms with Crippen LogP contribution in [0.25, 0.3) is 0 Å². The number of likely N-dealkylation sites (tertiary alicyclic amines) is 1. The van der Waals surface area contributed by atoms with E-state index >= 15 is 0 Å². The van der Waals surface area contributed by atoms with Gasteiger partial charge in [-0.15, -0.1) is 0 Å². The molecule has 11 heteroatoms. The van der Waals surface area contributed by atoms with Crippen LogP contribution < -0.4 is 16.4 Å². The lowest BCUT2D eigenvalue weighted by Crippen LogP contribution is -2.58. The summed E-state index contributed by atoms with van der Waals surface area (Å²) in [6.07, 6.45) is 1.38. The molecule has 1 saturated heterocycles. The van der Waals surface area contributed by atoms with Crippen LogP contribution in [0.2, 0.25) is 5.02 Å². The summed E-state index contributed by atoms with van der Waals surface area (Å²) in [7, 11) is 0. The zero-order valence-electron chi connectivity index (χ0n) is 19.3. The molecule has 1 aromatic carbocycles. The third-order valence-corrected chi connectivity index (χ3v) is 6.68. The molecule has 0 bridgehead atoms. The maximum Gasteiger partial charge on any atom is 0.309 e. The highest BCUT2D eigenvalue weighted by atomic mass is 35.5. The third-order valence-electron chi connectivity index (χ3n) is 6.36. The van der Waals surface area contributed by atoms with Crippen molar-refractivity contribution >= 4 is 47.3 Å². The normalized spacial score (nSPS) is 24.8. The maximum absolute atomic E-state index is 13.5. The fourth-order valence-corrected chi connectivity index (χ4v) is 4.38. The van der Waals surface area contributed by atoms with Gasteiger partial charge in [-0.1, -0.05) is 32.4 Å². The van der Waals surface area contributed by atoms with E-state index < -0.39 is 52.6 Å². The van der Waals surface area contributed by atoms with E-state index in [-0.39, 0.29) is 17.0 Å². The SMILES string of the molecule is CC(C)(C)[C@H](NC(=O)c1ccc(N)c(Cl)c1)C(=O)N1CCC[C@H]1C(=O)NC1(C=O)C[C@H]1C(=O)O. The van der Waals surface area contributed by atoms with E-state index in [9.17, 15) is 29.1 Å². The average molecular weight is 493 g/mol. The number of carboxylic acid groups (broad SMARTS) is 1. The van der Waals surface area contributed by atoms with Crippen LogP contribution >= 0.6 is 11.6 Å². The lowest BCUT2D eigenvalue weighted by molar-refractivity contribution is -0.143. The minimum Gasteiger partial charge on any atom is -0.481 e.